The van der Waals surface area contributed by atoms with Gasteiger partial charge in [0.25, 0.3) is 16.8 Å². The zero-order valence-electron chi connectivity index (χ0n) is 10.6. The molecule has 0 aliphatic rings. The molecule has 0 radical (unpaired) electrons. The molecule has 0 unspecified atom stereocenters. The quantitative estimate of drug-likeness (QED) is 0.625. The van der Waals surface area contributed by atoms with Crippen LogP contribution in [-0.2, 0) is 6.54 Å². The van der Waals surface area contributed by atoms with Crippen LogP contribution in [0, 0.1) is 10.1 Å². The molecule has 0 aliphatic carbocycles. The zero-order chi connectivity index (χ0) is 14.7. The van der Waals surface area contributed by atoms with Crippen LogP contribution < -0.4 is 16.4 Å². The van der Waals surface area contributed by atoms with Gasteiger partial charge in [-0.15, -0.1) is 0 Å². The minimum absolute atomic E-state index is 0.0345. The van der Waals surface area contributed by atoms with Crippen molar-refractivity contribution in [3.63, 3.8) is 0 Å². The maximum atomic E-state index is 11.6. The smallest absolute Gasteiger partial charge is 0.269 e. The van der Waals surface area contributed by atoms with Gasteiger partial charge in [0.1, 0.15) is 0 Å². The highest BCUT2D eigenvalue weighted by atomic mass is 16.6. The molecule has 0 fully saturated rings. The normalized spacial score (nSPS) is 10.2. The Bertz CT molecular complexity index is 763. The van der Waals surface area contributed by atoms with Crippen LogP contribution in [0.25, 0.3) is 0 Å². The Morgan fingerprint density at radius 1 is 1.30 bits per heavy atom. The Morgan fingerprint density at radius 2 is 2.05 bits per heavy atom. The molecular weight excluding hydrogens is 264 g/mol. The number of hydrogen-bond acceptors (Lipinski definition) is 5. The molecule has 0 saturated carbocycles. The molecule has 8 heteroatoms. The number of H-pyrrole nitrogens is 1. The second-order valence-corrected chi connectivity index (χ2v) is 4.08. The van der Waals surface area contributed by atoms with Crippen LogP contribution in [0.3, 0.4) is 0 Å². The van der Waals surface area contributed by atoms with Gasteiger partial charge in [-0.1, -0.05) is 0 Å². The van der Waals surface area contributed by atoms with Crippen LogP contribution in [-0.4, -0.2) is 21.8 Å². The van der Waals surface area contributed by atoms with Gasteiger partial charge in [-0.05, 0) is 6.07 Å². The van der Waals surface area contributed by atoms with Crippen molar-refractivity contribution in [3.05, 3.63) is 66.7 Å². The molecule has 0 spiro atoms. The minimum Gasteiger partial charge on any atom is -0.388 e. The predicted octanol–water partition coefficient (Wildman–Crippen LogP) is 0.535. The van der Waals surface area contributed by atoms with Crippen molar-refractivity contribution in [1.82, 2.24) is 9.78 Å². The molecule has 1 heterocycles. The van der Waals surface area contributed by atoms with Crippen molar-refractivity contribution in [3.8, 4) is 0 Å². The van der Waals surface area contributed by atoms with Crippen molar-refractivity contribution in [2.24, 2.45) is 0 Å². The SMILES string of the molecule is CNc1ccc([N+](=O)[O-])cc1Cn1[nH]c(=O)ccc1=O. The molecule has 8 nitrogen and oxygen atoms in total. The summed E-state index contributed by atoms with van der Waals surface area (Å²) in [5.74, 6) is 0. The monoisotopic (exact) mass is 276 g/mol. The summed E-state index contributed by atoms with van der Waals surface area (Å²) in [7, 11) is 1.67. The number of nitrogens with zero attached hydrogens (tertiary/aromatic N) is 2. The fourth-order valence-electron chi connectivity index (χ4n) is 1.82. The van der Waals surface area contributed by atoms with Gasteiger partial charge < -0.3 is 5.32 Å². The van der Waals surface area contributed by atoms with Crippen molar-refractivity contribution < 1.29 is 4.92 Å². The van der Waals surface area contributed by atoms with Gasteiger partial charge in [0.05, 0.1) is 11.5 Å². The third-order valence-electron chi connectivity index (χ3n) is 2.79. The van der Waals surface area contributed by atoms with E-state index >= 15 is 0 Å². The van der Waals surface area contributed by atoms with Gasteiger partial charge in [0, 0.05) is 42.6 Å². The fraction of sp³-hybridized carbons (Fsp3) is 0.167. The molecule has 0 atom stereocenters. The Hall–Kier alpha value is -2.90. The number of rotatable bonds is 4. The van der Waals surface area contributed by atoms with Gasteiger partial charge in [-0.2, -0.15) is 0 Å². The second-order valence-electron chi connectivity index (χ2n) is 4.08. The molecule has 0 saturated heterocycles. The molecule has 0 bridgehead atoms. The largest absolute Gasteiger partial charge is 0.388 e. The molecule has 2 N–H and O–H groups in total. The number of benzene rings is 1. The molecule has 2 rings (SSSR count). The Labute approximate surface area is 112 Å². The van der Waals surface area contributed by atoms with Crippen molar-refractivity contribution >= 4 is 11.4 Å². The van der Waals surface area contributed by atoms with E-state index in [1.807, 2.05) is 0 Å². The summed E-state index contributed by atoms with van der Waals surface area (Å²) in [6, 6.07) is 6.56. The lowest BCUT2D eigenvalue weighted by atomic mass is 10.1. The topological polar surface area (TPSA) is 110 Å². The fourth-order valence-corrected chi connectivity index (χ4v) is 1.82. The van der Waals surface area contributed by atoms with Crippen molar-refractivity contribution in [2.45, 2.75) is 6.54 Å². The lowest BCUT2D eigenvalue weighted by Crippen LogP contribution is -2.28. The highest BCUT2D eigenvalue weighted by molar-refractivity contribution is 5.55. The lowest BCUT2D eigenvalue weighted by Gasteiger charge is -2.10. The average molecular weight is 276 g/mol. The number of aromatic amines is 1. The van der Waals surface area contributed by atoms with Crippen LogP contribution >= 0.6 is 0 Å². The first kappa shape index (κ1) is 13.5. The maximum Gasteiger partial charge on any atom is 0.269 e. The van der Waals surface area contributed by atoms with E-state index in [9.17, 15) is 19.7 Å². The van der Waals surface area contributed by atoms with Crippen LogP contribution in [0.1, 0.15) is 5.56 Å². The van der Waals surface area contributed by atoms with Crippen molar-refractivity contribution in [2.75, 3.05) is 12.4 Å². The first-order chi connectivity index (χ1) is 9.51. The van der Waals surface area contributed by atoms with E-state index < -0.39 is 16.0 Å². The summed E-state index contributed by atoms with van der Waals surface area (Å²) in [5, 5.41) is 16.0. The highest BCUT2D eigenvalue weighted by Gasteiger charge is 2.11. The molecule has 20 heavy (non-hydrogen) atoms. The van der Waals surface area contributed by atoms with E-state index in [0.717, 1.165) is 16.8 Å². The predicted molar refractivity (Wildman–Crippen MR) is 73.1 cm³/mol. The van der Waals surface area contributed by atoms with E-state index in [-0.39, 0.29) is 12.2 Å². The molecule has 0 amide bonds. The summed E-state index contributed by atoms with van der Waals surface area (Å²) in [5.41, 5.74) is 0.294. The third kappa shape index (κ3) is 2.74. The van der Waals surface area contributed by atoms with Gasteiger partial charge in [0.15, 0.2) is 0 Å². The van der Waals surface area contributed by atoms with Crippen LogP contribution in [0.5, 0.6) is 0 Å². The van der Waals surface area contributed by atoms with E-state index in [1.54, 1.807) is 13.1 Å². The van der Waals surface area contributed by atoms with E-state index in [2.05, 4.69) is 10.4 Å². The zero-order valence-corrected chi connectivity index (χ0v) is 10.6. The van der Waals surface area contributed by atoms with Crippen LogP contribution in [0.2, 0.25) is 0 Å². The summed E-state index contributed by atoms with van der Waals surface area (Å²) < 4.78 is 1.10. The first-order valence-electron chi connectivity index (χ1n) is 5.76. The number of aromatic nitrogens is 2. The number of nitro groups is 1. The third-order valence-corrected chi connectivity index (χ3v) is 2.79. The number of nitrogens with one attached hydrogen (secondary N) is 2. The van der Waals surface area contributed by atoms with Gasteiger partial charge in [-0.25, -0.2) is 4.68 Å². The Kier molecular flexibility index (Phi) is 3.65. The summed E-state index contributed by atoms with van der Waals surface area (Å²) in [4.78, 5) is 33.1. The molecular formula is C12H12N4O4. The maximum absolute atomic E-state index is 11.6. The molecule has 1 aromatic carbocycles. The standard InChI is InChI=1S/C12H12N4O4/c1-13-10-3-2-9(16(19)20)6-8(10)7-15-12(18)5-4-11(17)14-15/h2-6,13H,7H2,1H3,(H,14,17). The summed E-state index contributed by atoms with van der Waals surface area (Å²) >= 11 is 0. The average Bonchev–Trinajstić information content (AvgIpc) is 2.42. The first-order valence-corrected chi connectivity index (χ1v) is 5.76. The van der Waals surface area contributed by atoms with Crippen molar-refractivity contribution in [1.29, 1.82) is 0 Å². The molecule has 0 aliphatic heterocycles. The highest BCUT2D eigenvalue weighted by Crippen LogP contribution is 2.22. The van der Waals surface area contributed by atoms with E-state index in [4.69, 9.17) is 0 Å². The van der Waals surface area contributed by atoms with Crippen LogP contribution in [0.15, 0.2) is 39.9 Å². The summed E-state index contributed by atoms with van der Waals surface area (Å²) in [6.07, 6.45) is 0. The van der Waals surface area contributed by atoms with Gasteiger partial charge in [0.2, 0.25) is 0 Å². The molecule has 2 aromatic rings. The van der Waals surface area contributed by atoms with E-state index in [1.165, 1.54) is 12.1 Å². The minimum atomic E-state index is -0.514. The number of anilines is 1. The van der Waals surface area contributed by atoms with Gasteiger partial charge >= 0.3 is 0 Å². The van der Waals surface area contributed by atoms with E-state index in [0.29, 0.717) is 11.3 Å². The van der Waals surface area contributed by atoms with Gasteiger partial charge in [-0.3, -0.25) is 24.8 Å². The Balaban J connectivity index is 2.48. The lowest BCUT2D eigenvalue weighted by molar-refractivity contribution is -0.384. The Morgan fingerprint density at radius 3 is 2.70 bits per heavy atom. The second kappa shape index (κ2) is 5.39. The number of nitro benzene ring substituents is 1. The molecule has 1 aromatic heterocycles. The number of non-ortho nitro benzene ring substituents is 1. The van der Waals surface area contributed by atoms with Crippen LogP contribution in [0.4, 0.5) is 11.4 Å². The summed E-state index contributed by atoms with van der Waals surface area (Å²) in [6.45, 7) is 0.0345. The number of hydrogen-bond donors (Lipinski definition) is 2. The molecule has 104 valence electrons.